The van der Waals surface area contributed by atoms with Gasteiger partial charge in [0.2, 0.25) is 5.91 Å². The van der Waals surface area contributed by atoms with E-state index in [0.29, 0.717) is 31.9 Å². The molecular weight excluding hydrogens is 371 g/mol. The molecular formula is C22H27FN4O2. The minimum Gasteiger partial charge on any atom is -0.378 e. The van der Waals surface area contributed by atoms with Crippen LogP contribution in [0.3, 0.4) is 0 Å². The Bertz CT molecular complexity index is 833. The van der Waals surface area contributed by atoms with Crippen LogP contribution in [-0.2, 0) is 9.53 Å². The standard InChI is InChI=1S/C22H27FN4O2/c23-18-5-1-3-7-20(18)25-9-11-27(12-10-25)22(28)17-24-19-6-2-4-8-21(19)26-13-15-29-16-14-26/h1-8,24H,9-17H2. The van der Waals surface area contributed by atoms with Crippen LogP contribution >= 0.6 is 0 Å². The van der Waals surface area contributed by atoms with Gasteiger partial charge < -0.3 is 24.8 Å². The predicted molar refractivity (Wildman–Crippen MR) is 113 cm³/mol. The number of ether oxygens (including phenoxy) is 1. The average molecular weight is 398 g/mol. The fourth-order valence-corrected chi connectivity index (χ4v) is 3.89. The number of para-hydroxylation sites is 3. The predicted octanol–water partition coefficient (Wildman–Crippen LogP) is 2.42. The topological polar surface area (TPSA) is 48.1 Å². The first-order valence-electron chi connectivity index (χ1n) is 10.2. The maximum Gasteiger partial charge on any atom is 0.241 e. The number of nitrogens with zero attached hydrogens (tertiary/aromatic N) is 3. The van der Waals surface area contributed by atoms with E-state index in [1.807, 2.05) is 34.1 Å². The molecule has 0 radical (unpaired) electrons. The number of carbonyl (C=O) groups is 1. The van der Waals surface area contributed by atoms with Crippen molar-refractivity contribution in [1.29, 1.82) is 0 Å². The molecule has 6 nitrogen and oxygen atoms in total. The highest BCUT2D eigenvalue weighted by Gasteiger charge is 2.23. The van der Waals surface area contributed by atoms with Gasteiger partial charge >= 0.3 is 0 Å². The van der Waals surface area contributed by atoms with E-state index in [1.54, 1.807) is 12.1 Å². The number of carbonyl (C=O) groups excluding carboxylic acids is 1. The van der Waals surface area contributed by atoms with Gasteiger partial charge in [0.25, 0.3) is 0 Å². The molecule has 29 heavy (non-hydrogen) atoms. The van der Waals surface area contributed by atoms with Crippen LogP contribution in [-0.4, -0.2) is 69.8 Å². The van der Waals surface area contributed by atoms with Gasteiger partial charge in [-0.05, 0) is 24.3 Å². The molecule has 2 fully saturated rings. The lowest BCUT2D eigenvalue weighted by Gasteiger charge is -2.36. The number of morpholine rings is 1. The van der Waals surface area contributed by atoms with Crippen LogP contribution in [0.2, 0.25) is 0 Å². The second kappa shape index (κ2) is 9.13. The fraction of sp³-hybridized carbons (Fsp3) is 0.409. The van der Waals surface area contributed by atoms with Gasteiger partial charge in [0, 0.05) is 39.3 Å². The summed E-state index contributed by atoms with van der Waals surface area (Å²) in [6.07, 6.45) is 0. The zero-order valence-corrected chi connectivity index (χ0v) is 16.5. The Kier molecular flexibility index (Phi) is 6.14. The summed E-state index contributed by atoms with van der Waals surface area (Å²) in [5.74, 6) is -0.149. The summed E-state index contributed by atoms with van der Waals surface area (Å²) in [6.45, 7) is 5.86. The molecule has 2 aromatic rings. The van der Waals surface area contributed by atoms with E-state index in [0.717, 1.165) is 37.7 Å². The van der Waals surface area contributed by atoms with Gasteiger partial charge in [0.1, 0.15) is 5.82 Å². The molecule has 0 aliphatic carbocycles. The number of benzene rings is 2. The lowest BCUT2D eigenvalue weighted by molar-refractivity contribution is -0.129. The molecule has 7 heteroatoms. The summed E-state index contributed by atoms with van der Waals surface area (Å²) in [5.41, 5.74) is 2.68. The summed E-state index contributed by atoms with van der Waals surface area (Å²) in [7, 11) is 0. The SMILES string of the molecule is O=C(CNc1ccccc1N1CCOCC1)N1CCN(c2ccccc2F)CC1. The van der Waals surface area contributed by atoms with Crippen molar-refractivity contribution in [3.8, 4) is 0 Å². The lowest BCUT2D eigenvalue weighted by atomic mass is 10.2. The summed E-state index contributed by atoms with van der Waals surface area (Å²) in [4.78, 5) is 18.8. The quantitative estimate of drug-likeness (QED) is 0.838. The number of hydrogen-bond acceptors (Lipinski definition) is 5. The number of piperazine rings is 1. The van der Waals surface area contributed by atoms with Crippen molar-refractivity contribution >= 4 is 23.0 Å². The first kappa shape index (κ1) is 19.5. The smallest absolute Gasteiger partial charge is 0.241 e. The minimum absolute atomic E-state index is 0.0648. The Labute approximate surface area is 170 Å². The first-order chi connectivity index (χ1) is 14.2. The van der Waals surface area contributed by atoms with E-state index in [9.17, 15) is 9.18 Å². The molecule has 0 bridgehead atoms. The molecule has 0 unspecified atom stereocenters. The van der Waals surface area contributed by atoms with Crippen molar-refractivity contribution < 1.29 is 13.9 Å². The summed E-state index contributed by atoms with van der Waals surface area (Å²) in [6, 6.07) is 14.9. The summed E-state index contributed by atoms with van der Waals surface area (Å²) >= 11 is 0. The molecule has 0 saturated carbocycles. The summed E-state index contributed by atoms with van der Waals surface area (Å²) in [5, 5.41) is 3.31. The van der Waals surface area contributed by atoms with Crippen molar-refractivity contribution in [3.05, 3.63) is 54.3 Å². The molecule has 0 atom stereocenters. The van der Waals surface area contributed by atoms with E-state index in [4.69, 9.17) is 4.74 Å². The Morgan fingerprint density at radius 2 is 1.48 bits per heavy atom. The molecule has 2 aliphatic heterocycles. The molecule has 0 spiro atoms. The van der Waals surface area contributed by atoms with Crippen LogP contribution < -0.4 is 15.1 Å². The van der Waals surface area contributed by atoms with E-state index in [-0.39, 0.29) is 18.3 Å². The minimum atomic E-state index is -0.214. The highest BCUT2D eigenvalue weighted by atomic mass is 19.1. The second-order valence-electron chi connectivity index (χ2n) is 7.29. The maximum atomic E-state index is 14.0. The van der Waals surface area contributed by atoms with E-state index < -0.39 is 0 Å². The van der Waals surface area contributed by atoms with Crippen LogP contribution in [0.1, 0.15) is 0 Å². The number of rotatable bonds is 5. The normalized spacial score (nSPS) is 17.3. The summed E-state index contributed by atoms with van der Waals surface area (Å²) < 4.78 is 19.4. The van der Waals surface area contributed by atoms with Crippen molar-refractivity contribution in [3.63, 3.8) is 0 Å². The highest BCUT2D eigenvalue weighted by Crippen LogP contribution is 2.26. The van der Waals surface area contributed by atoms with Crippen LogP contribution in [0, 0.1) is 5.82 Å². The Morgan fingerprint density at radius 3 is 2.21 bits per heavy atom. The average Bonchev–Trinajstić information content (AvgIpc) is 2.79. The number of nitrogens with one attached hydrogen (secondary N) is 1. The van der Waals surface area contributed by atoms with Gasteiger partial charge in [0.05, 0.1) is 36.8 Å². The van der Waals surface area contributed by atoms with Crippen LogP contribution in [0.25, 0.3) is 0 Å². The van der Waals surface area contributed by atoms with E-state index in [1.165, 1.54) is 6.07 Å². The highest BCUT2D eigenvalue weighted by molar-refractivity contribution is 5.83. The second-order valence-corrected chi connectivity index (χ2v) is 7.29. The van der Waals surface area contributed by atoms with Gasteiger partial charge in [-0.25, -0.2) is 4.39 Å². The third kappa shape index (κ3) is 4.62. The van der Waals surface area contributed by atoms with E-state index in [2.05, 4.69) is 16.3 Å². The molecule has 0 aromatic heterocycles. The third-order valence-electron chi connectivity index (χ3n) is 5.51. The van der Waals surface area contributed by atoms with Gasteiger partial charge in [-0.2, -0.15) is 0 Å². The van der Waals surface area contributed by atoms with Gasteiger partial charge in [-0.15, -0.1) is 0 Å². The van der Waals surface area contributed by atoms with Crippen LogP contribution in [0.5, 0.6) is 0 Å². The van der Waals surface area contributed by atoms with Gasteiger partial charge in [0.15, 0.2) is 0 Å². The Morgan fingerprint density at radius 1 is 0.862 bits per heavy atom. The van der Waals surface area contributed by atoms with Gasteiger partial charge in [-0.1, -0.05) is 24.3 Å². The Balaban J connectivity index is 1.31. The van der Waals surface area contributed by atoms with Crippen LogP contribution in [0.15, 0.2) is 48.5 Å². The van der Waals surface area contributed by atoms with Crippen molar-refractivity contribution in [2.24, 2.45) is 0 Å². The number of halogens is 1. The zero-order valence-electron chi connectivity index (χ0n) is 16.5. The van der Waals surface area contributed by atoms with Crippen molar-refractivity contribution in [2.45, 2.75) is 0 Å². The molecule has 4 rings (SSSR count). The number of hydrogen-bond donors (Lipinski definition) is 1. The molecule has 154 valence electrons. The maximum absolute atomic E-state index is 14.0. The first-order valence-corrected chi connectivity index (χ1v) is 10.2. The van der Waals surface area contributed by atoms with Crippen molar-refractivity contribution in [2.75, 3.05) is 74.1 Å². The van der Waals surface area contributed by atoms with Crippen LogP contribution in [0.4, 0.5) is 21.5 Å². The number of amides is 1. The molecule has 1 N–H and O–H groups in total. The molecule has 1 amide bonds. The molecule has 2 aromatic carbocycles. The Hall–Kier alpha value is -2.80. The largest absolute Gasteiger partial charge is 0.378 e. The molecule has 2 saturated heterocycles. The van der Waals surface area contributed by atoms with E-state index >= 15 is 0 Å². The monoisotopic (exact) mass is 398 g/mol. The molecule has 2 aliphatic rings. The lowest BCUT2D eigenvalue weighted by Crippen LogP contribution is -2.50. The molecule has 2 heterocycles. The number of anilines is 3. The zero-order chi connectivity index (χ0) is 20.1. The third-order valence-corrected chi connectivity index (χ3v) is 5.51. The van der Waals surface area contributed by atoms with Crippen molar-refractivity contribution in [1.82, 2.24) is 4.90 Å². The van der Waals surface area contributed by atoms with Gasteiger partial charge in [-0.3, -0.25) is 4.79 Å². The fourth-order valence-electron chi connectivity index (χ4n) is 3.89.